The fourth-order valence-electron chi connectivity index (χ4n) is 4.67. The van der Waals surface area contributed by atoms with E-state index in [4.69, 9.17) is 4.98 Å². The fourth-order valence-corrected chi connectivity index (χ4v) is 4.67. The van der Waals surface area contributed by atoms with Crippen LogP contribution in [0, 0.1) is 10.8 Å². The van der Waals surface area contributed by atoms with Crippen LogP contribution >= 0.6 is 0 Å². The van der Waals surface area contributed by atoms with Crippen LogP contribution in [0.5, 0.6) is 0 Å². The predicted octanol–water partition coefficient (Wildman–Crippen LogP) is 3.71. The zero-order valence-electron chi connectivity index (χ0n) is 20.5. The van der Waals surface area contributed by atoms with Gasteiger partial charge >= 0.3 is 0 Å². The van der Waals surface area contributed by atoms with Crippen LogP contribution in [0.3, 0.4) is 0 Å². The molecular formula is C26H40N4O2. The van der Waals surface area contributed by atoms with Crippen LogP contribution in [0.4, 0.5) is 0 Å². The number of benzene rings is 1. The highest BCUT2D eigenvalue weighted by atomic mass is 16.3. The minimum atomic E-state index is -0.708. The van der Waals surface area contributed by atoms with Gasteiger partial charge in [-0.2, -0.15) is 0 Å². The maximum absolute atomic E-state index is 11.8. The Labute approximate surface area is 192 Å². The number of carbonyl (C=O) groups excluding carboxylic acids is 1. The first kappa shape index (κ1) is 24.5. The van der Waals surface area contributed by atoms with E-state index >= 15 is 0 Å². The van der Waals surface area contributed by atoms with Gasteiger partial charge in [-0.25, -0.2) is 4.98 Å². The summed E-state index contributed by atoms with van der Waals surface area (Å²) >= 11 is 0. The highest BCUT2D eigenvalue weighted by molar-refractivity contribution is 5.73. The van der Waals surface area contributed by atoms with Crippen LogP contribution < -0.4 is 10.6 Å². The van der Waals surface area contributed by atoms with Gasteiger partial charge in [0.1, 0.15) is 5.82 Å². The van der Waals surface area contributed by atoms with Crippen molar-refractivity contribution in [3.05, 3.63) is 53.1 Å². The third-order valence-corrected chi connectivity index (χ3v) is 6.02. The van der Waals surface area contributed by atoms with Gasteiger partial charge in [0.2, 0.25) is 5.91 Å². The number of rotatable bonds is 8. The van der Waals surface area contributed by atoms with E-state index in [2.05, 4.69) is 50.2 Å². The number of carbonyl (C=O) groups is 1. The number of nitrogens with zero attached hydrogens (tertiary/aromatic N) is 1. The number of aromatic amines is 1. The van der Waals surface area contributed by atoms with E-state index in [0.29, 0.717) is 13.0 Å². The Bertz CT molecular complexity index is 898. The SMILES string of the molecule is CC(=O)N[C@@H](Cc1ccccc1)[C@H](O)CNC1CC(C)(C)Cc2[nH]c(CC(C)(C)C)nc21. The molecule has 4 N–H and O–H groups in total. The standard InChI is InChI=1S/C26H40N4O2/c1-17(31)28-19(12-18-10-8-7-9-11-18)22(32)16-27-20-13-26(5,6)14-21-24(20)30-23(29-21)15-25(2,3)4/h7-11,19-20,22,27,32H,12-16H2,1-6H3,(H,28,31)(H,29,30)/t19-,20?,22+/m0/s1. The number of fused-ring (bicyclic) bond motifs is 1. The second-order valence-electron chi connectivity index (χ2n) is 11.4. The lowest BCUT2D eigenvalue weighted by Crippen LogP contribution is -2.49. The second kappa shape index (κ2) is 9.75. The van der Waals surface area contributed by atoms with Crippen molar-refractivity contribution in [3.63, 3.8) is 0 Å². The molecule has 1 aromatic heterocycles. The number of imidazole rings is 1. The summed E-state index contributed by atoms with van der Waals surface area (Å²) in [6.45, 7) is 13.1. The molecule has 6 nitrogen and oxygen atoms in total. The van der Waals surface area contributed by atoms with Crippen LogP contribution in [0.2, 0.25) is 0 Å². The lowest BCUT2D eigenvalue weighted by atomic mass is 9.75. The van der Waals surface area contributed by atoms with Gasteiger partial charge in [0.25, 0.3) is 0 Å². The number of aliphatic hydroxyl groups is 1. The Morgan fingerprint density at radius 3 is 2.59 bits per heavy atom. The molecule has 0 bridgehead atoms. The Kier molecular flexibility index (Phi) is 7.46. The molecule has 176 valence electrons. The maximum Gasteiger partial charge on any atom is 0.217 e. The maximum atomic E-state index is 11.8. The van der Waals surface area contributed by atoms with Gasteiger partial charge in [-0.1, -0.05) is 65.0 Å². The summed E-state index contributed by atoms with van der Waals surface area (Å²) in [4.78, 5) is 20.3. The van der Waals surface area contributed by atoms with E-state index in [-0.39, 0.29) is 28.8 Å². The normalized spacial score (nSPS) is 19.8. The van der Waals surface area contributed by atoms with E-state index in [1.165, 1.54) is 12.6 Å². The van der Waals surface area contributed by atoms with Crippen LogP contribution in [-0.4, -0.2) is 39.7 Å². The number of H-pyrrole nitrogens is 1. The monoisotopic (exact) mass is 440 g/mol. The fraction of sp³-hybridized carbons (Fsp3) is 0.615. The van der Waals surface area contributed by atoms with Gasteiger partial charge in [-0.3, -0.25) is 4.79 Å². The van der Waals surface area contributed by atoms with Crippen LogP contribution in [0.25, 0.3) is 0 Å². The molecule has 0 fully saturated rings. The summed E-state index contributed by atoms with van der Waals surface area (Å²) in [5.74, 6) is 0.901. The molecule has 3 rings (SSSR count). The zero-order valence-corrected chi connectivity index (χ0v) is 20.5. The van der Waals surface area contributed by atoms with Crippen LogP contribution in [0.15, 0.2) is 30.3 Å². The molecule has 1 amide bonds. The minimum Gasteiger partial charge on any atom is -0.390 e. The summed E-state index contributed by atoms with van der Waals surface area (Å²) in [7, 11) is 0. The van der Waals surface area contributed by atoms with Crippen LogP contribution in [-0.2, 0) is 24.1 Å². The molecule has 0 saturated heterocycles. The molecule has 1 aliphatic carbocycles. The molecule has 1 unspecified atom stereocenters. The Morgan fingerprint density at radius 1 is 1.28 bits per heavy atom. The summed E-state index contributed by atoms with van der Waals surface area (Å²) in [6.07, 6.45) is 2.71. The molecule has 1 aliphatic rings. The average Bonchev–Trinajstić information content (AvgIpc) is 3.04. The number of hydrogen-bond acceptors (Lipinski definition) is 4. The molecule has 3 atom stereocenters. The average molecular weight is 441 g/mol. The molecule has 0 spiro atoms. The number of aromatic nitrogens is 2. The Hall–Kier alpha value is -2.18. The van der Waals surface area contributed by atoms with E-state index in [9.17, 15) is 9.90 Å². The molecule has 0 saturated carbocycles. The smallest absolute Gasteiger partial charge is 0.217 e. The molecular weight excluding hydrogens is 400 g/mol. The van der Waals surface area contributed by atoms with Crippen molar-refractivity contribution < 1.29 is 9.90 Å². The summed E-state index contributed by atoms with van der Waals surface area (Å²) in [5, 5.41) is 17.5. The lowest BCUT2D eigenvalue weighted by Gasteiger charge is -2.35. The van der Waals surface area contributed by atoms with Crippen molar-refractivity contribution >= 4 is 5.91 Å². The molecule has 6 heteroatoms. The molecule has 32 heavy (non-hydrogen) atoms. The van der Waals surface area contributed by atoms with Crippen molar-refractivity contribution in [2.45, 2.75) is 85.4 Å². The number of hydrogen-bond donors (Lipinski definition) is 4. The summed E-state index contributed by atoms with van der Waals surface area (Å²) < 4.78 is 0. The van der Waals surface area contributed by atoms with Gasteiger partial charge in [0.15, 0.2) is 0 Å². The van der Waals surface area contributed by atoms with Crippen molar-refractivity contribution in [2.24, 2.45) is 10.8 Å². The van der Waals surface area contributed by atoms with Crippen molar-refractivity contribution in [3.8, 4) is 0 Å². The highest BCUT2D eigenvalue weighted by Gasteiger charge is 2.35. The topological polar surface area (TPSA) is 90.0 Å². The van der Waals surface area contributed by atoms with Gasteiger partial charge in [-0.05, 0) is 35.7 Å². The first-order chi connectivity index (χ1) is 14.9. The molecule has 1 aromatic carbocycles. The lowest BCUT2D eigenvalue weighted by molar-refractivity contribution is -0.120. The van der Waals surface area contributed by atoms with Gasteiger partial charge in [0, 0.05) is 25.6 Å². The van der Waals surface area contributed by atoms with E-state index in [1.54, 1.807) is 0 Å². The molecule has 0 radical (unpaired) electrons. The quantitative estimate of drug-likeness (QED) is 0.504. The largest absolute Gasteiger partial charge is 0.390 e. The molecule has 2 aromatic rings. The van der Waals surface area contributed by atoms with Gasteiger partial charge < -0.3 is 20.7 Å². The van der Waals surface area contributed by atoms with Crippen molar-refractivity contribution in [1.29, 1.82) is 0 Å². The first-order valence-corrected chi connectivity index (χ1v) is 11.7. The first-order valence-electron chi connectivity index (χ1n) is 11.7. The zero-order chi connectivity index (χ0) is 23.5. The third-order valence-electron chi connectivity index (χ3n) is 6.02. The van der Waals surface area contributed by atoms with Crippen molar-refractivity contribution in [2.75, 3.05) is 6.54 Å². The van der Waals surface area contributed by atoms with Gasteiger partial charge in [0.05, 0.1) is 23.9 Å². The number of aliphatic hydroxyl groups excluding tert-OH is 1. The minimum absolute atomic E-state index is 0.0723. The Balaban J connectivity index is 1.72. The van der Waals surface area contributed by atoms with E-state index in [0.717, 1.165) is 36.3 Å². The highest BCUT2D eigenvalue weighted by Crippen LogP contribution is 2.40. The number of amides is 1. The van der Waals surface area contributed by atoms with E-state index < -0.39 is 6.10 Å². The summed E-state index contributed by atoms with van der Waals surface area (Å²) in [6, 6.07) is 9.68. The third kappa shape index (κ3) is 6.91. The van der Waals surface area contributed by atoms with Crippen molar-refractivity contribution in [1.82, 2.24) is 20.6 Å². The van der Waals surface area contributed by atoms with Crippen LogP contribution in [0.1, 0.15) is 76.8 Å². The molecule has 1 heterocycles. The summed E-state index contributed by atoms with van der Waals surface area (Å²) in [5.41, 5.74) is 3.68. The number of nitrogens with one attached hydrogen (secondary N) is 3. The predicted molar refractivity (Wildman–Crippen MR) is 128 cm³/mol. The second-order valence-corrected chi connectivity index (χ2v) is 11.4. The van der Waals surface area contributed by atoms with E-state index in [1.807, 2.05) is 30.3 Å². The Morgan fingerprint density at radius 2 is 1.97 bits per heavy atom. The molecule has 0 aliphatic heterocycles. The van der Waals surface area contributed by atoms with Gasteiger partial charge in [-0.15, -0.1) is 0 Å².